The summed E-state index contributed by atoms with van der Waals surface area (Å²) in [5.74, 6) is 0.872. The average molecular weight is 325 g/mol. The molecule has 1 N–H and O–H groups in total. The van der Waals surface area contributed by atoms with Gasteiger partial charge in [-0.2, -0.15) is 0 Å². The van der Waals surface area contributed by atoms with E-state index in [1.54, 1.807) is 11.8 Å². The van der Waals surface area contributed by atoms with Crippen LogP contribution < -0.4 is 5.32 Å². The first-order chi connectivity index (χ1) is 11.1. The Labute approximate surface area is 143 Å². The molecule has 0 spiro atoms. The van der Waals surface area contributed by atoms with Crippen LogP contribution in [0, 0.1) is 13.8 Å². The molecule has 23 heavy (non-hydrogen) atoms. The number of para-hydroxylation sites is 1. The third kappa shape index (κ3) is 5.29. The fourth-order valence-corrected chi connectivity index (χ4v) is 2.97. The lowest BCUT2D eigenvalue weighted by molar-refractivity contribution is -0.115. The summed E-state index contributed by atoms with van der Waals surface area (Å²) in [7, 11) is 0. The van der Waals surface area contributed by atoms with E-state index in [2.05, 4.69) is 29.6 Å². The highest BCUT2D eigenvalue weighted by Crippen LogP contribution is 2.21. The second kappa shape index (κ2) is 8.59. The van der Waals surface area contributed by atoms with E-state index in [4.69, 9.17) is 0 Å². The van der Waals surface area contributed by atoms with Gasteiger partial charge in [-0.3, -0.25) is 4.79 Å². The molecule has 2 aromatic rings. The second-order valence-corrected chi connectivity index (χ2v) is 6.92. The fraction of sp³-hybridized carbons (Fsp3) is 0.250. The van der Waals surface area contributed by atoms with Gasteiger partial charge in [-0.05, 0) is 37.5 Å². The molecule has 0 aliphatic carbocycles. The molecular formula is C20H23NOS. The van der Waals surface area contributed by atoms with Gasteiger partial charge >= 0.3 is 0 Å². The number of benzene rings is 2. The number of amides is 1. The molecule has 0 aliphatic heterocycles. The van der Waals surface area contributed by atoms with Gasteiger partial charge < -0.3 is 5.32 Å². The number of rotatable bonds is 6. The highest BCUT2D eigenvalue weighted by Gasteiger charge is 2.14. The second-order valence-electron chi connectivity index (χ2n) is 5.54. The Kier molecular flexibility index (Phi) is 6.48. The van der Waals surface area contributed by atoms with E-state index in [1.807, 2.05) is 57.2 Å². The molecule has 1 atom stereocenters. The van der Waals surface area contributed by atoms with Gasteiger partial charge in [0.25, 0.3) is 0 Å². The summed E-state index contributed by atoms with van der Waals surface area (Å²) in [4.78, 5) is 12.3. The van der Waals surface area contributed by atoms with Crippen LogP contribution in [0.15, 0.2) is 54.6 Å². The molecule has 3 heteroatoms. The van der Waals surface area contributed by atoms with Gasteiger partial charge in [0.1, 0.15) is 0 Å². The Morgan fingerprint density at radius 3 is 2.39 bits per heavy atom. The zero-order valence-corrected chi connectivity index (χ0v) is 14.7. The van der Waals surface area contributed by atoms with Crippen molar-refractivity contribution in [3.8, 4) is 0 Å². The van der Waals surface area contributed by atoms with E-state index in [-0.39, 0.29) is 11.2 Å². The normalized spacial score (nSPS) is 12.3. The van der Waals surface area contributed by atoms with Crippen molar-refractivity contribution in [2.45, 2.75) is 26.0 Å². The van der Waals surface area contributed by atoms with Crippen molar-refractivity contribution in [1.29, 1.82) is 0 Å². The summed E-state index contributed by atoms with van der Waals surface area (Å²) in [6.07, 6.45) is 4.19. The van der Waals surface area contributed by atoms with E-state index in [1.165, 1.54) is 5.56 Å². The maximum atomic E-state index is 12.3. The molecule has 0 radical (unpaired) electrons. The minimum Gasteiger partial charge on any atom is -0.325 e. The maximum absolute atomic E-state index is 12.3. The van der Waals surface area contributed by atoms with Crippen LogP contribution in [-0.4, -0.2) is 16.9 Å². The van der Waals surface area contributed by atoms with E-state index < -0.39 is 0 Å². The summed E-state index contributed by atoms with van der Waals surface area (Å²) >= 11 is 1.64. The van der Waals surface area contributed by atoms with Crippen molar-refractivity contribution >= 4 is 29.4 Å². The van der Waals surface area contributed by atoms with E-state index in [0.717, 1.165) is 22.6 Å². The molecule has 2 rings (SSSR count). The highest BCUT2D eigenvalue weighted by molar-refractivity contribution is 8.00. The molecule has 2 aromatic carbocycles. The first-order valence-corrected chi connectivity index (χ1v) is 8.83. The smallest absolute Gasteiger partial charge is 0.237 e. The van der Waals surface area contributed by atoms with Crippen LogP contribution in [-0.2, 0) is 4.79 Å². The molecule has 2 nitrogen and oxygen atoms in total. The van der Waals surface area contributed by atoms with E-state index in [0.29, 0.717) is 0 Å². The molecule has 0 saturated heterocycles. The molecule has 0 bridgehead atoms. The van der Waals surface area contributed by atoms with Crippen LogP contribution in [0.5, 0.6) is 0 Å². The number of hydrogen-bond acceptors (Lipinski definition) is 2. The maximum Gasteiger partial charge on any atom is 0.237 e. The molecule has 0 fully saturated rings. The van der Waals surface area contributed by atoms with Gasteiger partial charge in [0.15, 0.2) is 0 Å². The molecule has 120 valence electrons. The summed E-state index contributed by atoms with van der Waals surface area (Å²) in [5.41, 5.74) is 4.31. The summed E-state index contributed by atoms with van der Waals surface area (Å²) in [6.45, 7) is 5.98. The summed E-state index contributed by atoms with van der Waals surface area (Å²) in [5, 5.41) is 2.96. The lowest BCUT2D eigenvalue weighted by Gasteiger charge is -2.14. The molecular weight excluding hydrogens is 302 g/mol. The fourth-order valence-electron chi connectivity index (χ4n) is 2.26. The summed E-state index contributed by atoms with van der Waals surface area (Å²) < 4.78 is 0. The van der Waals surface area contributed by atoms with Crippen LogP contribution >= 0.6 is 11.8 Å². The standard InChI is InChI=1S/C20H23NOS/c1-15-9-7-10-16(2)19(15)21-20(22)17(3)23-14-8-13-18-11-5-4-6-12-18/h4-13,17H,14H2,1-3H3,(H,21,22)/b13-8+/t17-/m0/s1. The number of carbonyl (C=O) groups excluding carboxylic acids is 1. The minimum atomic E-state index is -0.0885. The summed E-state index contributed by atoms with van der Waals surface area (Å²) in [6, 6.07) is 16.2. The molecule has 0 saturated carbocycles. The SMILES string of the molecule is Cc1cccc(C)c1NC(=O)[C@H](C)SC/C=C/c1ccccc1. The van der Waals surface area contributed by atoms with Gasteiger partial charge in [0, 0.05) is 11.4 Å². The van der Waals surface area contributed by atoms with Gasteiger partial charge in [0.2, 0.25) is 5.91 Å². The average Bonchev–Trinajstić information content (AvgIpc) is 2.55. The number of hydrogen-bond donors (Lipinski definition) is 1. The van der Waals surface area contributed by atoms with Gasteiger partial charge in [-0.1, -0.05) is 60.7 Å². The molecule has 0 unspecified atom stereocenters. The van der Waals surface area contributed by atoms with Gasteiger partial charge in [0.05, 0.1) is 5.25 Å². The van der Waals surface area contributed by atoms with Crippen molar-refractivity contribution in [3.05, 3.63) is 71.3 Å². The van der Waals surface area contributed by atoms with E-state index >= 15 is 0 Å². The van der Waals surface area contributed by atoms with Crippen molar-refractivity contribution in [3.63, 3.8) is 0 Å². The Bertz CT molecular complexity index is 659. The predicted molar refractivity (Wildman–Crippen MR) is 102 cm³/mol. The Balaban J connectivity index is 1.85. The highest BCUT2D eigenvalue weighted by atomic mass is 32.2. The monoisotopic (exact) mass is 325 g/mol. The van der Waals surface area contributed by atoms with Crippen molar-refractivity contribution < 1.29 is 4.79 Å². The lowest BCUT2D eigenvalue weighted by Crippen LogP contribution is -2.23. The van der Waals surface area contributed by atoms with Crippen LogP contribution in [0.25, 0.3) is 6.08 Å². The molecule has 0 aliphatic rings. The quantitative estimate of drug-likeness (QED) is 0.802. The largest absolute Gasteiger partial charge is 0.325 e. The Morgan fingerprint density at radius 2 is 1.74 bits per heavy atom. The van der Waals surface area contributed by atoms with Gasteiger partial charge in [-0.25, -0.2) is 0 Å². The third-order valence-corrected chi connectivity index (χ3v) is 4.75. The van der Waals surface area contributed by atoms with E-state index in [9.17, 15) is 4.79 Å². The zero-order valence-electron chi connectivity index (χ0n) is 13.9. The number of aryl methyl sites for hydroxylation is 2. The van der Waals surface area contributed by atoms with Crippen LogP contribution in [0.3, 0.4) is 0 Å². The number of nitrogens with one attached hydrogen (secondary N) is 1. The molecule has 0 aromatic heterocycles. The number of carbonyl (C=O) groups is 1. The predicted octanol–water partition coefficient (Wildman–Crippen LogP) is 5.08. The molecule has 0 heterocycles. The Morgan fingerprint density at radius 1 is 1.09 bits per heavy atom. The van der Waals surface area contributed by atoms with Crippen LogP contribution in [0.4, 0.5) is 5.69 Å². The number of thioether (sulfide) groups is 1. The lowest BCUT2D eigenvalue weighted by atomic mass is 10.1. The first-order valence-electron chi connectivity index (χ1n) is 7.78. The third-order valence-electron chi connectivity index (χ3n) is 3.65. The van der Waals surface area contributed by atoms with Crippen molar-refractivity contribution in [2.75, 3.05) is 11.1 Å². The van der Waals surface area contributed by atoms with Crippen LogP contribution in [0.2, 0.25) is 0 Å². The number of anilines is 1. The minimum absolute atomic E-state index is 0.0560. The molecule has 1 amide bonds. The first kappa shape index (κ1) is 17.4. The Hall–Kier alpha value is -2.00. The zero-order chi connectivity index (χ0) is 16.7. The van der Waals surface area contributed by atoms with Crippen LogP contribution in [0.1, 0.15) is 23.6 Å². The van der Waals surface area contributed by atoms with Crippen molar-refractivity contribution in [1.82, 2.24) is 0 Å². The topological polar surface area (TPSA) is 29.1 Å². The van der Waals surface area contributed by atoms with Crippen molar-refractivity contribution in [2.24, 2.45) is 0 Å². The van der Waals surface area contributed by atoms with Gasteiger partial charge in [-0.15, -0.1) is 11.8 Å².